The number of nitrogens with zero attached hydrogens (tertiary/aromatic N) is 4. The first kappa shape index (κ1) is 18.3. The van der Waals surface area contributed by atoms with Crippen LogP contribution in [0.25, 0.3) is 11.2 Å². The molecule has 150 valence electrons. The molecule has 3 heterocycles. The zero-order valence-electron chi connectivity index (χ0n) is 16.9. The monoisotopic (exact) mass is 392 g/mol. The van der Waals surface area contributed by atoms with Crippen LogP contribution in [0.15, 0.2) is 30.7 Å². The molecule has 0 saturated heterocycles. The lowest BCUT2D eigenvalue weighted by Gasteiger charge is -2.24. The summed E-state index contributed by atoms with van der Waals surface area (Å²) in [5, 5.41) is 8.51. The van der Waals surface area contributed by atoms with Crippen LogP contribution < -0.4 is 4.74 Å². The van der Waals surface area contributed by atoms with Crippen molar-refractivity contribution in [1.29, 1.82) is 0 Å². The molecule has 0 amide bonds. The van der Waals surface area contributed by atoms with Crippen molar-refractivity contribution in [2.45, 2.75) is 46.0 Å². The van der Waals surface area contributed by atoms with Gasteiger partial charge in [-0.2, -0.15) is 0 Å². The standard InChI is InChI=1S/C23H25FN4O/c1-14-9-15(2)11-16(10-14)19-12-25-22(28-13-26-27-23(19)28)6-3-17-18-7-8-29-21(18)5-4-20(17)24/h4-5,10,12-15H,3,6-9,11H2,1-2H3. The van der Waals surface area contributed by atoms with Gasteiger partial charge >= 0.3 is 0 Å². The van der Waals surface area contributed by atoms with Gasteiger partial charge in [0.1, 0.15) is 23.7 Å². The molecule has 29 heavy (non-hydrogen) atoms. The summed E-state index contributed by atoms with van der Waals surface area (Å²) in [4.78, 5) is 4.73. The predicted octanol–water partition coefficient (Wildman–Crippen LogP) is 4.43. The maximum absolute atomic E-state index is 14.5. The molecule has 6 heteroatoms. The highest BCUT2D eigenvalue weighted by Gasteiger charge is 2.22. The van der Waals surface area contributed by atoms with E-state index in [9.17, 15) is 4.39 Å². The Morgan fingerprint density at radius 3 is 3.00 bits per heavy atom. The number of rotatable bonds is 4. The molecule has 0 bridgehead atoms. The predicted molar refractivity (Wildman–Crippen MR) is 109 cm³/mol. The Bertz CT molecular complexity index is 1100. The zero-order valence-corrected chi connectivity index (χ0v) is 16.9. The van der Waals surface area contributed by atoms with Crippen LogP contribution >= 0.6 is 0 Å². The molecule has 0 spiro atoms. The fourth-order valence-electron chi connectivity index (χ4n) is 4.87. The van der Waals surface area contributed by atoms with Crippen molar-refractivity contribution in [1.82, 2.24) is 19.6 Å². The minimum Gasteiger partial charge on any atom is -0.493 e. The highest BCUT2D eigenvalue weighted by molar-refractivity contribution is 5.76. The van der Waals surface area contributed by atoms with Gasteiger partial charge in [0, 0.05) is 30.2 Å². The maximum Gasteiger partial charge on any atom is 0.171 e. The number of aryl methyl sites for hydroxylation is 1. The molecule has 5 rings (SSSR count). The Labute approximate surface area is 169 Å². The summed E-state index contributed by atoms with van der Waals surface area (Å²) in [6, 6.07) is 3.23. The van der Waals surface area contributed by atoms with E-state index >= 15 is 0 Å². The van der Waals surface area contributed by atoms with Crippen LogP contribution in [-0.4, -0.2) is 26.2 Å². The lowest BCUT2D eigenvalue weighted by molar-refractivity contribution is 0.356. The van der Waals surface area contributed by atoms with E-state index < -0.39 is 0 Å². The largest absolute Gasteiger partial charge is 0.493 e. The van der Waals surface area contributed by atoms with E-state index in [1.54, 1.807) is 12.4 Å². The Morgan fingerprint density at radius 1 is 1.24 bits per heavy atom. The number of hydrogen-bond acceptors (Lipinski definition) is 4. The van der Waals surface area contributed by atoms with E-state index in [-0.39, 0.29) is 5.82 Å². The molecule has 2 atom stereocenters. The maximum atomic E-state index is 14.5. The fraction of sp³-hybridized carbons (Fsp3) is 0.435. The highest BCUT2D eigenvalue weighted by Crippen LogP contribution is 2.35. The van der Waals surface area contributed by atoms with Gasteiger partial charge in [-0.15, -0.1) is 10.2 Å². The molecule has 0 N–H and O–H groups in total. The van der Waals surface area contributed by atoms with E-state index in [2.05, 4.69) is 30.1 Å². The fourth-order valence-corrected chi connectivity index (χ4v) is 4.87. The van der Waals surface area contributed by atoms with Gasteiger partial charge in [-0.3, -0.25) is 4.40 Å². The summed E-state index contributed by atoms with van der Waals surface area (Å²) < 4.78 is 22.0. The second kappa shape index (κ2) is 7.25. The van der Waals surface area contributed by atoms with Crippen molar-refractivity contribution >= 4 is 11.2 Å². The molecule has 1 aliphatic carbocycles. The summed E-state index contributed by atoms with van der Waals surface area (Å²) in [7, 11) is 0. The second-order valence-corrected chi connectivity index (χ2v) is 8.43. The molecule has 3 aromatic rings. The molecule has 5 nitrogen and oxygen atoms in total. The SMILES string of the molecule is CC1C=C(c2cnc(CCc3c(F)ccc4c3CCO4)n3cnnc23)CC(C)C1. The quantitative estimate of drug-likeness (QED) is 0.659. The van der Waals surface area contributed by atoms with Crippen molar-refractivity contribution in [3.05, 3.63) is 59.1 Å². The summed E-state index contributed by atoms with van der Waals surface area (Å²) in [5.74, 6) is 2.70. The Balaban J connectivity index is 1.46. The molecule has 2 unspecified atom stereocenters. The molecular formula is C23H25FN4O. The Kier molecular flexibility index (Phi) is 4.57. The number of benzene rings is 1. The molecule has 2 aliphatic rings. The third-order valence-corrected chi connectivity index (χ3v) is 6.12. The second-order valence-electron chi connectivity index (χ2n) is 8.43. The van der Waals surface area contributed by atoms with Crippen molar-refractivity contribution in [2.75, 3.05) is 6.61 Å². The van der Waals surface area contributed by atoms with Crippen LogP contribution in [0.2, 0.25) is 0 Å². The third kappa shape index (κ3) is 3.30. The molecule has 0 fully saturated rings. The third-order valence-electron chi connectivity index (χ3n) is 6.12. The zero-order chi connectivity index (χ0) is 20.0. The first-order valence-electron chi connectivity index (χ1n) is 10.4. The Morgan fingerprint density at radius 2 is 2.14 bits per heavy atom. The van der Waals surface area contributed by atoms with Crippen molar-refractivity contribution in [2.24, 2.45) is 11.8 Å². The van der Waals surface area contributed by atoms with E-state index in [1.165, 1.54) is 18.1 Å². The van der Waals surface area contributed by atoms with Crippen molar-refractivity contribution in [3.63, 3.8) is 0 Å². The smallest absolute Gasteiger partial charge is 0.171 e. The molecule has 1 aliphatic heterocycles. The summed E-state index contributed by atoms with van der Waals surface area (Å²) in [5.41, 5.74) is 4.94. The highest BCUT2D eigenvalue weighted by atomic mass is 19.1. The van der Waals surface area contributed by atoms with Crippen LogP contribution in [0, 0.1) is 17.7 Å². The van der Waals surface area contributed by atoms with Gasteiger partial charge in [0.25, 0.3) is 0 Å². The number of fused-ring (bicyclic) bond motifs is 2. The summed E-state index contributed by atoms with van der Waals surface area (Å²) >= 11 is 0. The van der Waals surface area contributed by atoms with Crippen molar-refractivity contribution < 1.29 is 9.13 Å². The lowest BCUT2D eigenvalue weighted by Crippen LogP contribution is -2.11. The van der Waals surface area contributed by atoms with Gasteiger partial charge in [0.05, 0.1) is 6.61 Å². The van der Waals surface area contributed by atoms with Gasteiger partial charge < -0.3 is 4.74 Å². The topological polar surface area (TPSA) is 52.3 Å². The van der Waals surface area contributed by atoms with Gasteiger partial charge in [0.15, 0.2) is 5.65 Å². The lowest BCUT2D eigenvalue weighted by atomic mass is 9.82. The van der Waals surface area contributed by atoms with E-state index in [1.807, 2.05) is 10.6 Å². The summed E-state index contributed by atoms with van der Waals surface area (Å²) in [6.45, 7) is 5.18. The van der Waals surface area contributed by atoms with Crippen LogP contribution in [0.4, 0.5) is 4.39 Å². The first-order valence-corrected chi connectivity index (χ1v) is 10.4. The minimum absolute atomic E-state index is 0.166. The summed E-state index contributed by atoms with van der Waals surface area (Å²) in [6.07, 6.45) is 10.2. The Hall–Kier alpha value is -2.76. The average molecular weight is 392 g/mol. The molecule has 1 aromatic carbocycles. The normalized spacial score (nSPS) is 21.1. The van der Waals surface area contributed by atoms with E-state index in [0.717, 1.165) is 46.8 Å². The number of allylic oxidation sites excluding steroid dienone is 2. The molecule has 0 saturated carbocycles. The molecule has 2 aromatic heterocycles. The number of aromatic nitrogens is 4. The first-order chi connectivity index (χ1) is 14.1. The number of halogens is 1. The van der Waals surface area contributed by atoms with Crippen LogP contribution in [0.5, 0.6) is 5.75 Å². The van der Waals surface area contributed by atoms with Gasteiger partial charge in [0.2, 0.25) is 0 Å². The molecular weight excluding hydrogens is 367 g/mol. The molecule has 0 radical (unpaired) electrons. The van der Waals surface area contributed by atoms with Gasteiger partial charge in [-0.1, -0.05) is 19.9 Å². The number of ether oxygens (including phenoxy) is 1. The minimum atomic E-state index is -0.166. The van der Waals surface area contributed by atoms with E-state index in [4.69, 9.17) is 9.72 Å². The van der Waals surface area contributed by atoms with Crippen LogP contribution in [-0.2, 0) is 19.3 Å². The number of hydrogen-bond donors (Lipinski definition) is 0. The van der Waals surface area contributed by atoms with Crippen molar-refractivity contribution in [3.8, 4) is 5.75 Å². The van der Waals surface area contributed by atoms with Gasteiger partial charge in [-0.05, 0) is 54.4 Å². The van der Waals surface area contributed by atoms with Gasteiger partial charge in [-0.25, -0.2) is 9.37 Å². The van der Waals surface area contributed by atoms with E-state index in [0.29, 0.717) is 31.3 Å². The van der Waals surface area contributed by atoms with Crippen LogP contribution in [0.3, 0.4) is 0 Å². The average Bonchev–Trinajstić information content (AvgIpc) is 3.36. The van der Waals surface area contributed by atoms with Crippen LogP contribution in [0.1, 0.15) is 49.2 Å².